The highest BCUT2D eigenvalue weighted by Crippen LogP contribution is 2.37. The SMILES string of the molecule is CC(C)CC[C@]1(C(=O)c2ccc(Cl)c(Cl)c2)CCNC1. The van der Waals surface area contributed by atoms with Crippen LogP contribution in [0.25, 0.3) is 0 Å². The van der Waals surface area contributed by atoms with E-state index in [-0.39, 0.29) is 11.2 Å². The first kappa shape index (κ1) is 15.8. The number of nitrogens with one attached hydrogen (secondary N) is 1. The van der Waals surface area contributed by atoms with E-state index in [4.69, 9.17) is 23.2 Å². The minimum absolute atomic E-state index is 0.196. The third-order valence-corrected chi connectivity index (χ3v) is 4.85. The van der Waals surface area contributed by atoms with Gasteiger partial charge >= 0.3 is 0 Å². The number of Topliss-reactive ketones (excluding diaryl/α,β-unsaturated/α-hetero) is 1. The van der Waals surface area contributed by atoms with Gasteiger partial charge in [0.15, 0.2) is 5.78 Å². The molecule has 0 unspecified atom stereocenters. The van der Waals surface area contributed by atoms with Crippen LogP contribution in [0, 0.1) is 11.3 Å². The van der Waals surface area contributed by atoms with E-state index in [0.29, 0.717) is 21.5 Å². The molecule has 2 rings (SSSR count). The van der Waals surface area contributed by atoms with Gasteiger partial charge in [-0.15, -0.1) is 0 Å². The molecule has 0 saturated carbocycles. The van der Waals surface area contributed by atoms with Crippen molar-refractivity contribution in [2.24, 2.45) is 11.3 Å². The average molecular weight is 314 g/mol. The summed E-state index contributed by atoms with van der Waals surface area (Å²) in [5.74, 6) is 0.802. The van der Waals surface area contributed by atoms with Crippen molar-refractivity contribution >= 4 is 29.0 Å². The number of carbonyl (C=O) groups excluding carboxylic acids is 1. The van der Waals surface area contributed by atoms with Crippen LogP contribution < -0.4 is 5.32 Å². The molecule has 110 valence electrons. The lowest BCUT2D eigenvalue weighted by Crippen LogP contribution is -2.34. The summed E-state index contributed by atoms with van der Waals surface area (Å²) in [6, 6.07) is 5.18. The van der Waals surface area contributed by atoms with Gasteiger partial charge < -0.3 is 5.32 Å². The molecule has 0 bridgehead atoms. The minimum Gasteiger partial charge on any atom is -0.316 e. The second kappa shape index (κ2) is 6.46. The van der Waals surface area contributed by atoms with Crippen molar-refractivity contribution in [1.82, 2.24) is 5.32 Å². The average Bonchev–Trinajstić information content (AvgIpc) is 2.89. The molecule has 0 amide bonds. The molecule has 1 N–H and O–H groups in total. The van der Waals surface area contributed by atoms with E-state index in [1.807, 2.05) is 0 Å². The summed E-state index contributed by atoms with van der Waals surface area (Å²) in [4.78, 5) is 12.9. The predicted octanol–water partition coefficient (Wildman–Crippen LogP) is 4.59. The fraction of sp³-hybridized carbons (Fsp3) is 0.562. The zero-order chi connectivity index (χ0) is 14.8. The Kier molecular flexibility index (Phi) is 5.11. The van der Waals surface area contributed by atoms with Gasteiger partial charge in [-0.3, -0.25) is 4.79 Å². The monoisotopic (exact) mass is 313 g/mol. The van der Waals surface area contributed by atoms with E-state index in [0.717, 1.165) is 32.4 Å². The highest BCUT2D eigenvalue weighted by atomic mass is 35.5. The van der Waals surface area contributed by atoms with Gasteiger partial charge in [0.25, 0.3) is 0 Å². The zero-order valence-electron chi connectivity index (χ0n) is 12.0. The molecule has 1 fully saturated rings. The van der Waals surface area contributed by atoms with Gasteiger partial charge in [0.2, 0.25) is 0 Å². The first-order chi connectivity index (χ1) is 9.44. The van der Waals surface area contributed by atoms with E-state index in [9.17, 15) is 4.79 Å². The van der Waals surface area contributed by atoms with Gasteiger partial charge in [0.1, 0.15) is 0 Å². The summed E-state index contributed by atoms with van der Waals surface area (Å²) in [7, 11) is 0. The van der Waals surface area contributed by atoms with Crippen LogP contribution >= 0.6 is 23.2 Å². The van der Waals surface area contributed by atoms with Crippen LogP contribution in [0.15, 0.2) is 18.2 Å². The fourth-order valence-electron chi connectivity index (χ4n) is 2.77. The van der Waals surface area contributed by atoms with Crippen molar-refractivity contribution in [3.63, 3.8) is 0 Å². The lowest BCUT2D eigenvalue weighted by Gasteiger charge is -2.27. The summed E-state index contributed by atoms with van der Waals surface area (Å²) < 4.78 is 0. The van der Waals surface area contributed by atoms with Gasteiger partial charge in [-0.05, 0) is 49.9 Å². The van der Waals surface area contributed by atoms with Crippen LogP contribution in [0.4, 0.5) is 0 Å². The Labute approximate surface area is 130 Å². The van der Waals surface area contributed by atoms with Gasteiger partial charge in [-0.1, -0.05) is 37.0 Å². The minimum atomic E-state index is -0.276. The molecule has 20 heavy (non-hydrogen) atoms. The zero-order valence-corrected chi connectivity index (χ0v) is 13.5. The Balaban J connectivity index is 2.24. The van der Waals surface area contributed by atoms with Crippen LogP contribution in [-0.2, 0) is 0 Å². The maximum atomic E-state index is 12.9. The van der Waals surface area contributed by atoms with Crippen LogP contribution in [0.5, 0.6) is 0 Å². The van der Waals surface area contributed by atoms with E-state index in [1.54, 1.807) is 18.2 Å². The third-order valence-electron chi connectivity index (χ3n) is 4.11. The second-order valence-electron chi connectivity index (χ2n) is 6.10. The number of hydrogen-bond donors (Lipinski definition) is 1. The van der Waals surface area contributed by atoms with Gasteiger partial charge in [-0.2, -0.15) is 0 Å². The molecular formula is C16H21Cl2NO. The number of ketones is 1. The Morgan fingerprint density at radius 2 is 2.10 bits per heavy atom. The Morgan fingerprint density at radius 1 is 1.35 bits per heavy atom. The van der Waals surface area contributed by atoms with E-state index in [1.165, 1.54) is 0 Å². The van der Waals surface area contributed by atoms with E-state index in [2.05, 4.69) is 19.2 Å². The summed E-state index contributed by atoms with van der Waals surface area (Å²) in [5.41, 5.74) is 0.397. The molecule has 0 aromatic heterocycles. The van der Waals surface area contributed by atoms with Gasteiger partial charge in [0.05, 0.1) is 10.0 Å². The van der Waals surface area contributed by atoms with Crippen molar-refractivity contribution in [2.45, 2.75) is 33.1 Å². The highest BCUT2D eigenvalue weighted by molar-refractivity contribution is 6.42. The molecule has 2 nitrogen and oxygen atoms in total. The second-order valence-corrected chi connectivity index (χ2v) is 6.91. The topological polar surface area (TPSA) is 29.1 Å². The van der Waals surface area contributed by atoms with Crippen molar-refractivity contribution in [3.8, 4) is 0 Å². The molecule has 4 heteroatoms. The smallest absolute Gasteiger partial charge is 0.170 e. The normalized spacial score (nSPS) is 22.4. The van der Waals surface area contributed by atoms with Crippen LogP contribution in [-0.4, -0.2) is 18.9 Å². The molecule has 1 saturated heterocycles. The van der Waals surface area contributed by atoms with Crippen LogP contribution in [0.3, 0.4) is 0 Å². The first-order valence-electron chi connectivity index (χ1n) is 7.15. The number of benzene rings is 1. The van der Waals surface area contributed by atoms with E-state index < -0.39 is 0 Å². The molecule has 1 atom stereocenters. The summed E-state index contributed by atoms with van der Waals surface area (Å²) in [5, 5.41) is 4.27. The molecule has 1 aromatic rings. The molecule has 1 aromatic carbocycles. The van der Waals surface area contributed by atoms with Crippen molar-refractivity contribution in [2.75, 3.05) is 13.1 Å². The fourth-order valence-corrected chi connectivity index (χ4v) is 3.07. The number of carbonyl (C=O) groups is 1. The number of hydrogen-bond acceptors (Lipinski definition) is 2. The molecule has 1 heterocycles. The predicted molar refractivity (Wildman–Crippen MR) is 84.8 cm³/mol. The Hall–Kier alpha value is -0.570. The number of halogens is 2. The Morgan fingerprint density at radius 3 is 2.65 bits per heavy atom. The quantitative estimate of drug-likeness (QED) is 0.805. The van der Waals surface area contributed by atoms with Crippen molar-refractivity contribution < 1.29 is 4.79 Å². The molecule has 0 aliphatic carbocycles. The molecule has 0 spiro atoms. The van der Waals surface area contributed by atoms with Gasteiger partial charge in [0, 0.05) is 17.5 Å². The molecular weight excluding hydrogens is 293 g/mol. The van der Waals surface area contributed by atoms with Crippen molar-refractivity contribution in [3.05, 3.63) is 33.8 Å². The van der Waals surface area contributed by atoms with Crippen LogP contribution in [0.1, 0.15) is 43.5 Å². The highest BCUT2D eigenvalue weighted by Gasteiger charge is 2.41. The third kappa shape index (κ3) is 3.36. The maximum absolute atomic E-state index is 12.9. The lowest BCUT2D eigenvalue weighted by molar-refractivity contribution is 0.0794. The Bertz CT molecular complexity index is 493. The lowest BCUT2D eigenvalue weighted by atomic mass is 9.75. The largest absolute Gasteiger partial charge is 0.316 e. The first-order valence-corrected chi connectivity index (χ1v) is 7.91. The van der Waals surface area contributed by atoms with Crippen LogP contribution in [0.2, 0.25) is 10.0 Å². The van der Waals surface area contributed by atoms with Crippen molar-refractivity contribution in [1.29, 1.82) is 0 Å². The molecule has 0 radical (unpaired) electrons. The maximum Gasteiger partial charge on any atom is 0.170 e. The van der Waals surface area contributed by atoms with E-state index >= 15 is 0 Å². The number of rotatable bonds is 5. The summed E-state index contributed by atoms with van der Waals surface area (Å²) in [6.45, 7) is 6.06. The molecule has 1 aliphatic heterocycles. The molecule has 1 aliphatic rings. The van der Waals surface area contributed by atoms with Gasteiger partial charge in [-0.25, -0.2) is 0 Å². The summed E-state index contributed by atoms with van der Waals surface area (Å²) in [6.07, 6.45) is 2.89. The standard InChI is InChI=1S/C16H21Cl2NO/c1-11(2)5-6-16(7-8-19-10-16)15(20)12-3-4-13(17)14(18)9-12/h3-4,9,11,19H,5-8,10H2,1-2H3/t16-/m0/s1. The summed E-state index contributed by atoms with van der Waals surface area (Å²) >= 11 is 12.0.